The zero-order valence-electron chi connectivity index (χ0n) is 5.14. The minimum absolute atomic E-state index is 0.0669. The Balaban J connectivity index is 2.72. The van der Waals surface area contributed by atoms with Crippen LogP contribution in [0.2, 0.25) is 17.2 Å². The predicted molar refractivity (Wildman–Crippen MR) is 37.1 cm³/mol. The van der Waals surface area contributed by atoms with Gasteiger partial charge in [-0.15, -0.1) is 0 Å². The number of rotatable bonds is 4. The Morgan fingerprint density at radius 2 is 2.25 bits per heavy atom. The monoisotopic (exact) mass is 160 g/mol. The van der Waals surface area contributed by atoms with Crippen molar-refractivity contribution in [2.75, 3.05) is 0 Å². The van der Waals surface area contributed by atoms with Crippen molar-refractivity contribution >= 4 is 34.0 Å². The molecular weight excluding hydrogens is 151 g/mol. The van der Waals surface area contributed by atoms with E-state index in [2.05, 4.69) is 11.6 Å². The molecule has 0 amide bonds. The third kappa shape index (κ3) is 6.89. The fraction of sp³-hybridized carbons (Fsp3) is 1.00. The van der Waals surface area contributed by atoms with Gasteiger partial charge in [-0.3, -0.25) is 0 Å². The van der Waals surface area contributed by atoms with Crippen LogP contribution < -0.4 is 0 Å². The van der Waals surface area contributed by atoms with Crippen molar-refractivity contribution in [3.8, 4) is 0 Å². The second-order valence-electron chi connectivity index (χ2n) is 1.65. The molecule has 0 aromatic heterocycles. The van der Waals surface area contributed by atoms with Gasteiger partial charge < -0.3 is 8.27 Å². The summed E-state index contributed by atoms with van der Waals surface area (Å²) < 4.78 is 5.30. The molecule has 0 aliphatic rings. The summed E-state index contributed by atoms with van der Waals surface area (Å²) in [5.74, 6) is 4.26. The zero-order valence-corrected chi connectivity index (χ0v) is 8.29. The van der Waals surface area contributed by atoms with E-state index >= 15 is 0 Å². The highest BCUT2D eigenvalue weighted by molar-refractivity contribution is 6.59. The Labute approximate surface area is 59.9 Å². The van der Waals surface area contributed by atoms with Crippen LogP contribution in [-0.2, 0) is 3.48 Å². The van der Waals surface area contributed by atoms with Crippen LogP contribution in [0.15, 0.2) is 0 Å². The third-order valence-electron chi connectivity index (χ3n) is 0.470. The Bertz CT molecular complexity index is 52.5. The minimum Gasteiger partial charge on any atom is -0.547 e. The van der Waals surface area contributed by atoms with E-state index in [-0.39, 0.29) is 9.76 Å². The van der Waals surface area contributed by atoms with E-state index in [1.54, 1.807) is 0 Å². The molecule has 0 aromatic rings. The third-order valence-corrected chi connectivity index (χ3v) is 4.23. The van der Waals surface area contributed by atoms with Crippen LogP contribution in [0, 0.1) is 0 Å². The van der Waals surface area contributed by atoms with Gasteiger partial charge in [-0.1, -0.05) is 11.6 Å². The Morgan fingerprint density at radius 3 is 2.62 bits per heavy atom. The summed E-state index contributed by atoms with van der Waals surface area (Å²) in [6.45, 7) is 0. The maximum atomic E-state index is 8.35. The molecule has 0 aliphatic carbocycles. The lowest BCUT2D eigenvalue weighted by atomic mass is 11.9. The molecule has 0 rings (SSSR count). The van der Waals surface area contributed by atoms with Crippen molar-refractivity contribution in [3.05, 3.63) is 0 Å². The van der Waals surface area contributed by atoms with E-state index in [4.69, 9.17) is 8.27 Å². The molecule has 0 unspecified atom stereocenters. The first-order chi connectivity index (χ1) is 3.77. The molecule has 8 heavy (non-hydrogen) atoms. The molecule has 0 bridgehead atoms. The van der Waals surface area contributed by atoms with Crippen molar-refractivity contribution in [1.82, 2.24) is 0 Å². The summed E-state index contributed by atoms with van der Waals surface area (Å²) in [5, 5.41) is 0. The molecule has 4 radical (unpaired) electrons. The fourth-order valence-corrected chi connectivity index (χ4v) is 2.92. The van der Waals surface area contributed by atoms with Crippen LogP contribution >= 0.6 is 0 Å². The summed E-state index contributed by atoms with van der Waals surface area (Å²) >= 11 is -0.796. The maximum Gasteiger partial charge on any atom is 0.442 e. The number of hydrogen-bond acceptors (Lipinski definition) is 2. The van der Waals surface area contributed by atoms with Crippen molar-refractivity contribution in [3.63, 3.8) is 0 Å². The Kier molecular flexibility index (Phi) is 6.68. The molecule has 2 nitrogen and oxygen atoms in total. The van der Waals surface area contributed by atoms with E-state index in [1.165, 1.54) is 0 Å². The maximum absolute atomic E-state index is 8.35. The summed E-state index contributed by atoms with van der Waals surface area (Å²) in [5.41, 5.74) is 0.838. The van der Waals surface area contributed by atoms with Crippen molar-refractivity contribution < 1.29 is 8.27 Å². The average molecular weight is 160 g/mol. The lowest BCUT2D eigenvalue weighted by molar-refractivity contribution is 0.596. The molecule has 5 heteroatoms. The van der Waals surface area contributed by atoms with Crippen molar-refractivity contribution in [2.45, 2.75) is 17.2 Å². The Hall–Kier alpha value is 0.886. The van der Waals surface area contributed by atoms with Crippen molar-refractivity contribution in [1.29, 1.82) is 0 Å². The lowest BCUT2D eigenvalue weighted by Crippen LogP contribution is -2.12. The van der Waals surface area contributed by atoms with Gasteiger partial charge in [0.2, 0.25) is 9.76 Å². The van der Waals surface area contributed by atoms with Gasteiger partial charge in [-0.25, -0.2) is 0 Å². The van der Waals surface area contributed by atoms with Crippen LogP contribution in [0.1, 0.15) is 0 Å². The van der Waals surface area contributed by atoms with E-state index in [9.17, 15) is 0 Å². The first kappa shape index (κ1) is 8.89. The molecule has 0 aromatic carbocycles. The van der Waals surface area contributed by atoms with Gasteiger partial charge in [-0.2, -0.15) is 0 Å². The standard InChI is InChI=1S/CH3O2Si2.2CH3.Al/c2-4-1-5-3;;;/h2H,1H2;2*1H3;/q-1;;;+1. The molecule has 0 heterocycles. The number of hydrogen-bond donors (Lipinski definition) is 1. The molecule has 0 spiro atoms. The topological polar surface area (TPSA) is 29.5 Å². The lowest BCUT2D eigenvalue weighted by Gasteiger charge is -1.98. The molecule has 1 N–H and O–H groups in total. The van der Waals surface area contributed by atoms with Gasteiger partial charge in [0, 0.05) is 0 Å². The summed E-state index contributed by atoms with van der Waals surface area (Å²) in [6.07, 6.45) is 0. The van der Waals surface area contributed by atoms with E-state index < -0.39 is 14.5 Å². The molecule has 44 valence electrons. The second-order valence-corrected chi connectivity index (χ2v) is 6.71. The first-order valence-electron chi connectivity index (χ1n) is 2.53. The van der Waals surface area contributed by atoms with Crippen LogP contribution in [0.3, 0.4) is 0 Å². The highest BCUT2D eigenvalue weighted by Gasteiger charge is 2.02. The fourth-order valence-electron chi connectivity index (χ4n) is 0.241. The second kappa shape index (κ2) is 6.01. The smallest absolute Gasteiger partial charge is 0.442 e. The van der Waals surface area contributed by atoms with Crippen LogP contribution in [-0.4, -0.2) is 38.8 Å². The molecule has 0 atom stereocenters. The largest absolute Gasteiger partial charge is 0.547 e. The van der Waals surface area contributed by atoms with Gasteiger partial charge in [-0.05, 0) is 5.67 Å². The minimum atomic E-state index is -0.796. The van der Waals surface area contributed by atoms with Crippen LogP contribution in [0.4, 0.5) is 0 Å². The highest BCUT2D eigenvalue weighted by Crippen LogP contribution is 1.82. The van der Waals surface area contributed by atoms with Gasteiger partial charge in [0.05, 0.1) is 0 Å². The molecular formula is C3H9AlO2Si2. The first-order valence-corrected chi connectivity index (χ1v) is 7.58. The Morgan fingerprint density at radius 1 is 1.62 bits per heavy atom. The van der Waals surface area contributed by atoms with Crippen LogP contribution in [0.5, 0.6) is 0 Å². The predicted octanol–water partition coefficient (Wildman–Crippen LogP) is -0.139. The molecule has 0 fully saturated rings. The van der Waals surface area contributed by atoms with Gasteiger partial charge in [0.15, 0.2) is 9.76 Å². The van der Waals surface area contributed by atoms with E-state index in [0.717, 1.165) is 5.67 Å². The van der Waals surface area contributed by atoms with Crippen LogP contribution in [0.25, 0.3) is 0 Å². The molecule has 0 saturated heterocycles. The SMILES string of the molecule is [CH3][Al]([CH3])[O][Si]C[Si]O. The highest BCUT2D eigenvalue weighted by atomic mass is 28.3. The average Bonchev–Trinajstić information content (AvgIpc) is 1.66. The quantitative estimate of drug-likeness (QED) is 0.458. The van der Waals surface area contributed by atoms with Gasteiger partial charge in [0.25, 0.3) is 0 Å². The van der Waals surface area contributed by atoms with E-state index in [1.807, 2.05) is 0 Å². The van der Waals surface area contributed by atoms with Crippen molar-refractivity contribution in [2.24, 2.45) is 0 Å². The summed E-state index contributed by atoms with van der Waals surface area (Å²) in [6, 6.07) is 0. The summed E-state index contributed by atoms with van der Waals surface area (Å²) in [7, 11) is 0.604. The molecule has 0 aliphatic heterocycles. The van der Waals surface area contributed by atoms with Gasteiger partial charge in [0.1, 0.15) is 0 Å². The van der Waals surface area contributed by atoms with E-state index in [0.29, 0.717) is 9.76 Å². The molecule has 0 saturated carbocycles. The summed E-state index contributed by atoms with van der Waals surface area (Å²) in [4.78, 5) is 8.35. The van der Waals surface area contributed by atoms with Gasteiger partial charge >= 0.3 is 14.5 Å². The normalized spacial score (nSPS) is 9.38. The zero-order chi connectivity index (χ0) is 6.41.